The first-order chi connectivity index (χ1) is 7.85. The maximum absolute atomic E-state index is 10.6. The number of rotatable bonds is 5. The summed E-state index contributed by atoms with van der Waals surface area (Å²) in [5.74, 6) is 0. The van der Waals surface area contributed by atoms with Gasteiger partial charge in [0, 0.05) is 29.1 Å². The molecule has 0 radical (unpaired) electrons. The van der Waals surface area contributed by atoms with E-state index in [9.17, 15) is 10.1 Å². The van der Waals surface area contributed by atoms with Crippen molar-refractivity contribution in [3.8, 4) is 0 Å². The highest BCUT2D eigenvalue weighted by Crippen LogP contribution is 2.25. The Hall–Kier alpha value is -1.23. The van der Waals surface area contributed by atoms with Crippen LogP contribution >= 0.6 is 11.8 Å². The first-order valence-corrected chi connectivity index (χ1v) is 6.62. The molecule has 1 aromatic carbocycles. The lowest BCUT2D eigenvalue weighted by molar-refractivity contribution is -0.384. The van der Waals surface area contributed by atoms with E-state index in [4.69, 9.17) is 0 Å². The monoisotopic (exact) mass is 254 g/mol. The molecular weight excluding hydrogens is 236 g/mol. The van der Waals surface area contributed by atoms with Gasteiger partial charge in [-0.25, -0.2) is 0 Å². The number of non-ortho nitro benzene ring substituents is 1. The third-order valence-electron chi connectivity index (χ3n) is 2.68. The summed E-state index contributed by atoms with van der Waals surface area (Å²) < 4.78 is 0.147. The van der Waals surface area contributed by atoms with Crippen LogP contribution in [-0.4, -0.2) is 22.5 Å². The van der Waals surface area contributed by atoms with Crippen LogP contribution in [0.1, 0.15) is 19.4 Å². The van der Waals surface area contributed by atoms with Gasteiger partial charge in [-0.15, -0.1) is 0 Å². The molecule has 94 valence electrons. The molecule has 0 unspecified atom stereocenters. The third-order valence-corrected chi connectivity index (χ3v) is 3.93. The number of nitrogens with zero attached hydrogens (tertiary/aromatic N) is 1. The molecule has 0 aliphatic carbocycles. The van der Waals surface area contributed by atoms with E-state index in [1.807, 2.05) is 6.92 Å². The molecule has 0 atom stereocenters. The fourth-order valence-corrected chi connectivity index (χ4v) is 1.56. The highest BCUT2D eigenvalue weighted by Gasteiger charge is 2.16. The largest absolute Gasteiger partial charge is 0.383 e. The van der Waals surface area contributed by atoms with Crippen LogP contribution in [0.25, 0.3) is 0 Å². The van der Waals surface area contributed by atoms with Gasteiger partial charge in [0.25, 0.3) is 5.69 Å². The molecule has 0 spiro atoms. The van der Waals surface area contributed by atoms with E-state index in [0.29, 0.717) is 0 Å². The van der Waals surface area contributed by atoms with Gasteiger partial charge < -0.3 is 5.32 Å². The van der Waals surface area contributed by atoms with Gasteiger partial charge >= 0.3 is 0 Å². The van der Waals surface area contributed by atoms with E-state index < -0.39 is 0 Å². The second kappa shape index (κ2) is 5.40. The smallest absolute Gasteiger partial charge is 0.269 e. The number of hydrogen-bond donors (Lipinski definition) is 1. The van der Waals surface area contributed by atoms with Crippen molar-refractivity contribution in [1.82, 2.24) is 0 Å². The molecule has 0 aromatic heterocycles. The van der Waals surface area contributed by atoms with Crippen LogP contribution in [0, 0.1) is 17.0 Å². The molecule has 0 aliphatic heterocycles. The Kier molecular flexibility index (Phi) is 4.40. The number of nitro benzene ring substituents is 1. The van der Waals surface area contributed by atoms with Crippen molar-refractivity contribution in [2.24, 2.45) is 0 Å². The van der Waals surface area contributed by atoms with Crippen molar-refractivity contribution >= 4 is 23.1 Å². The molecule has 17 heavy (non-hydrogen) atoms. The summed E-state index contributed by atoms with van der Waals surface area (Å²) >= 11 is 1.79. The number of nitro groups is 1. The van der Waals surface area contributed by atoms with E-state index in [2.05, 4.69) is 25.4 Å². The standard InChI is InChI=1S/C12H18N2O2S/c1-9-7-10(14(15)16)5-6-11(9)13-8-12(2,3)17-4/h5-7,13H,8H2,1-4H3. The molecule has 1 aromatic rings. The van der Waals surface area contributed by atoms with Crippen molar-refractivity contribution in [2.75, 3.05) is 18.1 Å². The molecular formula is C12H18N2O2S. The zero-order chi connectivity index (χ0) is 13.1. The Bertz CT molecular complexity index is 419. The van der Waals surface area contributed by atoms with Crippen LogP contribution in [0.15, 0.2) is 18.2 Å². The van der Waals surface area contributed by atoms with E-state index in [-0.39, 0.29) is 15.4 Å². The topological polar surface area (TPSA) is 55.2 Å². The lowest BCUT2D eigenvalue weighted by Crippen LogP contribution is -2.26. The Morgan fingerprint density at radius 1 is 1.47 bits per heavy atom. The molecule has 0 fully saturated rings. The zero-order valence-corrected chi connectivity index (χ0v) is 11.4. The normalized spacial score (nSPS) is 11.3. The molecule has 1 N–H and O–H groups in total. The van der Waals surface area contributed by atoms with Crippen molar-refractivity contribution in [1.29, 1.82) is 0 Å². The van der Waals surface area contributed by atoms with E-state index in [1.54, 1.807) is 23.9 Å². The first-order valence-electron chi connectivity index (χ1n) is 5.40. The summed E-state index contributed by atoms with van der Waals surface area (Å²) in [5, 5.41) is 13.9. The molecule has 0 aliphatic rings. The average molecular weight is 254 g/mol. The summed E-state index contributed by atoms with van der Waals surface area (Å²) in [7, 11) is 0. The molecule has 0 saturated heterocycles. The van der Waals surface area contributed by atoms with Gasteiger partial charge in [-0.2, -0.15) is 11.8 Å². The SMILES string of the molecule is CSC(C)(C)CNc1ccc([N+](=O)[O-])cc1C. The van der Waals surface area contributed by atoms with E-state index >= 15 is 0 Å². The lowest BCUT2D eigenvalue weighted by Gasteiger charge is -2.23. The predicted octanol–water partition coefficient (Wildman–Crippen LogP) is 3.46. The maximum Gasteiger partial charge on any atom is 0.269 e. The highest BCUT2D eigenvalue weighted by molar-refractivity contribution is 7.99. The summed E-state index contributed by atoms with van der Waals surface area (Å²) in [5.41, 5.74) is 1.99. The fourth-order valence-electron chi connectivity index (χ4n) is 1.34. The van der Waals surface area contributed by atoms with Crippen LogP contribution in [0.2, 0.25) is 0 Å². The molecule has 1 rings (SSSR count). The van der Waals surface area contributed by atoms with Gasteiger partial charge in [-0.1, -0.05) is 0 Å². The Labute approximate surface area is 106 Å². The average Bonchev–Trinajstić information content (AvgIpc) is 2.27. The van der Waals surface area contributed by atoms with Gasteiger partial charge in [0.2, 0.25) is 0 Å². The molecule has 4 nitrogen and oxygen atoms in total. The van der Waals surface area contributed by atoms with Crippen molar-refractivity contribution < 1.29 is 4.92 Å². The molecule has 0 heterocycles. The number of benzene rings is 1. The third kappa shape index (κ3) is 3.93. The summed E-state index contributed by atoms with van der Waals surface area (Å²) in [6.45, 7) is 7.02. The summed E-state index contributed by atoms with van der Waals surface area (Å²) in [6.07, 6.45) is 2.07. The molecule has 0 amide bonds. The van der Waals surface area contributed by atoms with Crippen LogP contribution in [-0.2, 0) is 0 Å². The van der Waals surface area contributed by atoms with Crippen molar-refractivity contribution in [2.45, 2.75) is 25.5 Å². The predicted molar refractivity (Wildman–Crippen MR) is 73.9 cm³/mol. The van der Waals surface area contributed by atoms with Crippen molar-refractivity contribution in [3.05, 3.63) is 33.9 Å². The summed E-state index contributed by atoms with van der Waals surface area (Å²) in [6, 6.07) is 4.89. The Balaban J connectivity index is 2.77. The molecule has 0 saturated carbocycles. The first kappa shape index (κ1) is 13.8. The Morgan fingerprint density at radius 2 is 2.12 bits per heavy atom. The second-order valence-corrected chi connectivity index (χ2v) is 6.09. The van der Waals surface area contributed by atoms with Gasteiger partial charge in [-0.05, 0) is 38.7 Å². The van der Waals surface area contributed by atoms with Crippen LogP contribution < -0.4 is 5.32 Å². The van der Waals surface area contributed by atoms with Crippen LogP contribution in [0.5, 0.6) is 0 Å². The van der Waals surface area contributed by atoms with Gasteiger partial charge in [0.1, 0.15) is 0 Å². The molecule has 0 bridgehead atoms. The summed E-state index contributed by atoms with van der Waals surface area (Å²) in [4.78, 5) is 10.2. The fraction of sp³-hybridized carbons (Fsp3) is 0.500. The van der Waals surface area contributed by atoms with Crippen LogP contribution in [0.3, 0.4) is 0 Å². The second-order valence-electron chi connectivity index (χ2n) is 4.57. The van der Waals surface area contributed by atoms with Crippen LogP contribution in [0.4, 0.5) is 11.4 Å². The van der Waals surface area contributed by atoms with Gasteiger partial charge in [0.15, 0.2) is 0 Å². The van der Waals surface area contributed by atoms with Crippen molar-refractivity contribution in [3.63, 3.8) is 0 Å². The minimum atomic E-state index is -0.372. The zero-order valence-electron chi connectivity index (χ0n) is 10.6. The van der Waals surface area contributed by atoms with Gasteiger partial charge in [-0.3, -0.25) is 10.1 Å². The number of aryl methyl sites for hydroxylation is 1. The number of hydrogen-bond acceptors (Lipinski definition) is 4. The lowest BCUT2D eigenvalue weighted by atomic mass is 10.1. The maximum atomic E-state index is 10.6. The van der Waals surface area contributed by atoms with Gasteiger partial charge in [0.05, 0.1) is 4.92 Å². The van der Waals surface area contributed by atoms with E-state index in [1.165, 1.54) is 6.07 Å². The highest BCUT2D eigenvalue weighted by atomic mass is 32.2. The Morgan fingerprint density at radius 3 is 2.59 bits per heavy atom. The number of nitrogens with one attached hydrogen (secondary N) is 1. The van der Waals surface area contributed by atoms with E-state index in [0.717, 1.165) is 17.8 Å². The molecule has 5 heteroatoms. The minimum absolute atomic E-state index is 0.136. The minimum Gasteiger partial charge on any atom is -0.383 e. The number of anilines is 1. The number of thioether (sulfide) groups is 1. The quantitative estimate of drug-likeness (QED) is 0.646.